The number of nitrogens with zero attached hydrogens (tertiary/aromatic N) is 2. The molecule has 19 heavy (non-hydrogen) atoms. The number of hydrogen-bond acceptors (Lipinski definition) is 3. The van der Waals surface area contributed by atoms with E-state index in [1.807, 2.05) is 0 Å². The van der Waals surface area contributed by atoms with E-state index < -0.39 is 11.6 Å². The first-order valence-electron chi connectivity index (χ1n) is 6.18. The van der Waals surface area contributed by atoms with Crippen molar-refractivity contribution in [1.82, 2.24) is 9.97 Å². The van der Waals surface area contributed by atoms with Crippen LogP contribution in [0.3, 0.4) is 0 Å². The third-order valence-corrected chi connectivity index (χ3v) is 3.09. The lowest BCUT2D eigenvalue weighted by atomic mass is 10.1. The molecule has 0 spiro atoms. The Hall–Kier alpha value is -2.04. The first kappa shape index (κ1) is 12.0. The highest BCUT2D eigenvalue weighted by Crippen LogP contribution is 2.39. The Morgan fingerprint density at radius 1 is 1.05 bits per heavy atom. The normalized spacial score (nSPS) is 14.6. The van der Waals surface area contributed by atoms with Gasteiger partial charge in [0.2, 0.25) is 0 Å². The third-order valence-electron chi connectivity index (χ3n) is 3.09. The van der Waals surface area contributed by atoms with Crippen molar-refractivity contribution in [1.29, 1.82) is 0 Å². The lowest BCUT2D eigenvalue weighted by Gasteiger charge is -2.05. The topological polar surface area (TPSA) is 51.8 Å². The van der Waals surface area contributed by atoms with Crippen LogP contribution in [0.2, 0.25) is 0 Å². The molecule has 2 N–H and O–H groups in total. The molecule has 1 fully saturated rings. The van der Waals surface area contributed by atoms with Crippen LogP contribution in [0, 0.1) is 11.6 Å². The molecule has 3 rings (SSSR count). The third kappa shape index (κ3) is 2.86. The molecular formula is C14H13F2N3. The standard InChI is InChI=1S/C14H13F2N3/c15-10-3-8(4-11(16)6-10)5-14-18-12(9-1-2-9)7-13(17)19-14/h3-4,6-7,9H,1-2,5H2,(H2,17,18,19). The highest BCUT2D eigenvalue weighted by molar-refractivity contribution is 5.34. The maximum atomic E-state index is 13.1. The molecule has 0 atom stereocenters. The second-order valence-corrected chi connectivity index (χ2v) is 4.86. The van der Waals surface area contributed by atoms with Crippen molar-refractivity contribution in [2.75, 3.05) is 5.73 Å². The minimum Gasteiger partial charge on any atom is -0.384 e. The molecule has 1 heterocycles. The average molecular weight is 261 g/mol. The summed E-state index contributed by atoms with van der Waals surface area (Å²) < 4.78 is 26.2. The Kier molecular flexibility index (Phi) is 2.89. The Balaban J connectivity index is 1.89. The molecule has 1 aromatic heterocycles. The summed E-state index contributed by atoms with van der Waals surface area (Å²) >= 11 is 0. The van der Waals surface area contributed by atoms with Crippen LogP contribution in [0.4, 0.5) is 14.6 Å². The number of halogens is 2. The molecule has 1 aliphatic rings. The van der Waals surface area contributed by atoms with Gasteiger partial charge in [0, 0.05) is 30.2 Å². The van der Waals surface area contributed by atoms with E-state index in [4.69, 9.17) is 5.73 Å². The van der Waals surface area contributed by atoms with Crippen LogP contribution in [0.25, 0.3) is 0 Å². The lowest BCUT2D eigenvalue weighted by molar-refractivity contribution is 0.580. The van der Waals surface area contributed by atoms with Gasteiger partial charge in [-0.2, -0.15) is 0 Å². The van der Waals surface area contributed by atoms with Gasteiger partial charge in [0.1, 0.15) is 23.3 Å². The molecule has 0 aliphatic heterocycles. The molecule has 0 unspecified atom stereocenters. The van der Waals surface area contributed by atoms with E-state index >= 15 is 0 Å². The van der Waals surface area contributed by atoms with E-state index in [1.54, 1.807) is 6.07 Å². The van der Waals surface area contributed by atoms with Gasteiger partial charge < -0.3 is 5.73 Å². The van der Waals surface area contributed by atoms with Crippen LogP contribution in [0.1, 0.15) is 35.8 Å². The van der Waals surface area contributed by atoms with Crippen molar-refractivity contribution in [2.45, 2.75) is 25.2 Å². The minimum atomic E-state index is -0.596. The number of rotatable bonds is 3. The van der Waals surface area contributed by atoms with Crippen LogP contribution < -0.4 is 5.73 Å². The Bertz CT molecular complexity index is 604. The molecule has 2 aromatic rings. The molecule has 0 saturated heterocycles. The molecule has 1 saturated carbocycles. The summed E-state index contributed by atoms with van der Waals surface area (Å²) in [4.78, 5) is 8.53. The summed E-state index contributed by atoms with van der Waals surface area (Å²) in [6.07, 6.45) is 2.51. The molecular weight excluding hydrogens is 248 g/mol. The Morgan fingerprint density at radius 3 is 2.37 bits per heavy atom. The van der Waals surface area contributed by atoms with Gasteiger partial charge in [-0.3, -0.25) is 0 Å². The summed E-state index contributed by atoms with van der Waals surface area (Å²) in [6.45, 7) is 0. The Labute approximate surface area is 109 Å². The van der Waals surface area contributed by atoms with E-state index in [9.17, 15) is 8.78 Å². The molecule has 0 radical (unpaired) electrons. The Morgan fingerprint density at radius 2 is 1.74 bits per heavy atom. The fourth-order valence-electron chi connectivity index (χ4n) is 2.10. The first-order valence-corrected chi connectivity index (χ1v) is 6.18. The van der Waals surface area contributed by atoms with Crippen molar-refractivity contribution < 1.29 is 8.78 Å². The zero-order chi connectivity index (χ0) is 13.4. The zero-order valence-corrected chi connectivity index (χ0v) is 10.2. The molecule has 1 aliphatic carbocycles. The number of nitrogen functional groups attached to an aromatic ring is 1. The van der Waals surface area contributed by atoms with E-state index in [0.29, 0.717) is 23.1 Å². The summed E-state index contributed by atoms with van der Waals surface area (Å²) in [5, 5.41) is 0. The second-order valence-electron chi connectivity index (χ2n) is 4.86. The minimum absolute atomic E-state index is 0.277. The van der Waals surface area contributed by atoms with Gasteiger partial charge >= 0.3 is 0 Å². The van der Waals surface area contributed by atoms with Crippen molar-refractivity contribution in [3.8, 4) is 0 Å². The first-order chi connectivity index (χ1) is 9.10. The average Bonchev–Trinajstić information content (AvgIpc) is 3.09. The highest BCUT2D eigenvalue weighted by atomic mass is 19.1. The van der Waals surface area contributed by atoms with E-state index in [1.165, 1.54) is 12.1 Å². The number of aromatic nitrogens is 2. The van der Waals surface area contributed by atoms with Crippen LogP contribution >= 0.6 is 0 Å². The number of nitrogens with two attached hydrogens (primary N) is 1. The fourth-order valence-corrected chi connectivity index (χ4v) is 2.10. The summed E-state index contributed by atoms with van der Waals surface area (Å²) in [7, 11) is 0. The fraction of sp³-hybridized carbons (Fsp3) is 0.286. The SMILES string of the molecule is Nc1cc(C2CC2)nc(Cc2cc(F)cc(F)c2)n1. The molecule has 1 aromatic carbocycles. The summed E-state index contributed by atoms with van der Waals surface area (Å²) in [5.74, 6) is 0.187. The van der Waals surface area contributed by atoms with Crippen LogP contribution in [-0.4, -0.2) is 9.97 Å². The predicted octanol–water partition coefficient (Wildman–Crippen LogP) is 2.81. The number of benzene rings is 1. The largest absolute Gasteiger partial charge is 0.384 e. The maximum absolute atomic E-state index is 13.1. The molecule has 98 valence electrons. The van der Waals surface area contributed by atoms with E-state index in [-0.39, 0.29) is 6.42 Å². The smallest absolute Gasteiger partial charge is 0.135 e. The van der Waals surface area contributed by atoms with E-state index in [2.05, 4.69) is 9.97 Å². The lowest BCUT2D eigenvalue weighted by Crippen LogP contribution is -2.04. The number of hydrogen-bond donors (Lipinski definition) is 1. The highest BCUT2D eigenvalue weighted by Gasteiger charge is 2.25. The maximum Gasteiger partial charge on any atom is 0.135 e. The molecule has 3 nitrogen and oxygen atoms in total. The second kappa shape index (κ2) is 4.57. The van der Waals surface area contributed by atoms with Crippen LogP contribution in [-0.2, 0) is 6.42 Å². The predicted molar refractivity (Wildman–Crippen MR) is 67.6 cm³/mol. The van der Waals surface area contributed by atoms with Gasteiger partial charge in [-0.05, 0) is 30.5 Å². The van der Waals surface area contributed by atoms with Gasteiger partial charge in [-0.15, -0.1) is 0 Å². The van der Waals surface area contributed by atoms with Gasteiger partial charge in [-0.1, -0.05) is 0 Å². The summed E-state index contributed by atoms with van der Waals surface area (Å²) in [6, 6.07) is 5.19. The van der Waals surface area contributed by atoms with E-state index in [0.717, 1.165) is 24.6 Å². The van der Waals surface area contributed by atoms with Crippen LogP contribution in [0.15, 0.2) is 24.3 Å². The van der Waals surface area contributed by atoms with Gasteiger partial charge in [0.25, 0.3) is 0 Å². The molecule has 0 amide bonds. The summed E-state index contributed by atoms with van der Waals surface area (Å²) in [5.41, 5.74) is 7.17. The molecule has 5 heteroatoms. The molecule has 0 bridgehead atoms. The van der Waals surface area contributed by atoms with Crippen LogP contribution in [0.5, 0.6) is 0 Å². The van der Waals surface area contributed by atoms with Crippen molar-refractivity contribution in [3.05, 3.63) is 53.0 Å². The zero-order valence-electron chi connectivity index (χ0n) is 10.2. The van der Waals surface area contributed by atoms with Crippen molar-refractivity contribution in [3.63, 3.8) is 0 Å². The van der Waals surface area contributed by atoms with Gasteiger partial charge in [0.15, 0.2) is 0 Å². The van der Waals surface area contributed by atoms with Gasteiger partial charge in [0.05, 0.1) is 0 Å². The van der Waals surface area contributed by atoms with Crippen molar-refractivity contribution >= 4 is 5.82 Å². The van der Waals surface area contributed by atoms with Gasteiger partial charge in [-0.25, -0.2) is 18.7 Å². The quantitative estimate of drug-likeness (QED) is 0.924. The monoisotopic (exact) mass is 261 g/mol. The van der Waals surface area contributed by atoms with Crippen molar-refractivity contribution in [2.24, 2.45) is 0 Å². The number of anilines is 1.